The first-order valence-electron chi connectivity index (χ1n) is 7.22. The summed E-state index contributed by atoms with van der Waals surface area (Å²) in [4.78, 5) is 5.03. The summed E-state index contributed by atoms with van der Waals surface area (Å²) in [5.41, 5.74) is 1.04. The lowest BCUT2D eigenvalue weighted by atomic mass is 9.98. The van der Waals surface area contributed by atoms with Crippen LogP contribution in [0.3, 0.4) is 0 Å². The number of piperazine rings is 1. The second kappa shape index (κ2) is 5.49. The first-order valence-corrected chi connectivity index (χ1v) is 7.22. The number of rotatable bonds is 3. The van der Waals surface area contributed by atoms with E-state index >= 15 is 0 Å². The Morgan fingerprint density at radius 2 is 1.89 bits per heavy atom. The van der Waals surface area contributed by atoms with Gasteiger partial charge in [-0.05, 0) is 13.0 Å². The predicted octanol–water partition coefficient (Wildman–Crippen LogP) is 1.04. The smallest absolute Gasteiger partial charge is 0.120 e. The molecule has 2 aliphatic rings. The highest BCUT2D eigenvalue weighted by atomic mass is 16.3. The molecule has 1 unspecified atom stereocenters. The average molecular weight is 261 g/mol. The zero-order valence-electron chi connectivity index (χ0n) is 11.5. The van der Waals surface area contributed by atoms with Crippen molar-refractivity contribution in [1.29, 1.82) is 0 Å². The molecule has 104 valence electrons. The predicted molar refractivity (Wildman–Crippen MR) is 76.3 cm³/mol. The molecule has 1 atom stereocenters. The summed E-state index contributed by atoms with van der Waals surface area (Å²) in [6, 6.07) is 8.69. The van der Waals surface area contributed by atoms with Gasteiger partial charge in [0.1, 0.15) is 5.75 Å². The van der Waals surface area contributed by atoms with E-state index in [0.717, 1.165) is 31.7 Å². The molecule has 0 aliphatic carbocycles. The molecule has 4 heteroatoms. The zero-order chi connectivity index (χ0) is 13.2. The van der Waals surface area contributed by atoms with E-state index in [2.05, 4.69) is 22.0 Å². The Balaban J connectivity index is 1.56. The van der Waals surface area contributed by atoms with E-state index in [4.69, 9.17) is 0 Å². The van der Waals surface area contributed by atoms with Crippen LogP contribution in [-0.4, -0.2) is 60.2 Å². The summed E-state index contributed by atoms with van der Waals surface area (Å²) in [6.07, 6.45) is 0. The Morgan fingerprint density at radius 3 is 2.58 bits per heavy atom. The van der Waals surface area contributed by atoms with Crippen molar-refractivity contribution in [1.82, 2.24) is 15.1 Å². The van der Waals surface area contributed by atoms with Gasteiger partial charge in [-0.3, -0.25) is 9.80 Å². The van der Waals surface area contributed by atoms with Gasteiger partial charge in [0.2, 0.25) is 0 Å². The maximum absolute atomic E-state index is 9.92. The van der Waals surface area contributed by atoms with Crippen LogP contribution in [0.5, 0.6) is 5.75 Å². The van der Waals surface area contributed by atoms with Crippen LogP contribution < -0.4 is 5.32 Å². The van der Waals surface area contributed by atoms with E-state index in [1.807, 2.05) is 18.2 Å². The first kappa shape index (κ1) is 12.9. The van der Waals surface area contributed by atoms with Gasteiger partial charge in [-0.1, -0.05) is 18.2 Å². The van der Waals surface area contributed by atoms with Crippen LogP contribution in [0.4, 0.5) is 0 Å². The van der Waals surface area contributed by atoms with Gasteiger partial charge in [-0.15, -0.1) is 0 Å². The molecule has 0 bridgehead atoms. The van der Waals surface area contributed by atoms with Crippen molar-refractivity contribution in [3.05, 3.63) is 29.8 Å². The molecular formula is C15H23N3O. The van der Waals surface area contributed by atoms with Gasteiger partial charge in [-0.25, -0.2) is 0 Å². The number of aromatic hydroxyl groups is 1. The largest absolute Gasteiger partial charge is 0.508 e. The highest BCUT2D eigenvalue weighted by Gasteiger charge is 2.35. The number of hydrogen-bond acceptors (Lipinski definition) is 4. The van der Waals surface area contributed by atoms with Crippen molar-refractivity contribution in [3.8, 4) is 5.75 Å². The lowest BCUT2D eigenvalue weighted by molar-refractivity contribution is 0.00298. The number of nitrogens with one attached hydrogen (secondary N) is 1. The normalized spacial score (nSPS) is 24.1. The quantitative estimate of drug-likeness (QED) is 0.853. The van der Waals surface area contributed by atoms with Gasteiger partial charge in [0, 0.05) is 56.9 Å². The average Bonchev–Trinajstić information content (AvgIpc) is 2.38. The maximum atomic E-state index is 9.92. The lowest BCUT2D eigenvalue weighted by Crippen LogP contribution is -2.62. The fourth-order valence-electron chi connectivity index (χ4n) is 3.12. The number of nitrogens with zero attached hydrogens (tertiary/aromatic N) is 2. The summed E-state index contributed by atoms with van der Waals surface area (Å²) in [6.45, 7) is 9.00. The molecule has 0 radical (unpaired) electrons. The van der Waals surface area contributed by atoms with Crippen LogP contribution in [0.2, 0.25) is 0 Å². The highest BCUT2D eigenvalue weighted by molar-refractivity contribution is 5.34. The third kappa shape index (κ3) is 2.61. The molecule has 2 fully saturated rings. The van der Waals surface area contributed by atoms with E-state index in [-0.39, 0.29) is 0 Å². The number of hydrogen-bond donors (Lipinski definition) is 2. The highest BCUT2D eigenvalue weighted by Crippen LogP contribution is 2.32. The first-order chi connectivity index (χ1) is 9.25. The SMILES string of the molecule is CC(c1ccccc1O)N1CC(N2CCNCC2)C1. The molecule has 2 heterocycles. The Labute approximate surface area is 115 Å². The van der Waals surface area contributed by atoms with E-state index in [1.54, 1.807) is 6.07 Å². The topological polar surface area (TPSA) is 38.7 Å². The van der Waals surface area contributed by atoms with Crippen molar-refractivity contribution in [2.75, 3.05) is 39.3 Å². The Bertz CT molecular complexity index is 425. The van der Waals surface area contributed by atoms with E-state index in [0.29, 0.717) is 17.8 Å². The van der Waals surface area contributed by atoms with E-state index < -0.39 is 0 Å². The number of phenols is 1. The van der Waals surface area contributed by atoms with Gasteiger partial charge in [0.15, 0.2) is 0 Å². The molecule has 1 aromatic rings. The summed E-state index contributed by atoms with van der Waals surface area (Å²) in [7, 11) is 0. The molecule has 0 aromatic heterocycles. The Morgan fingerprint density at radius 1 is 1.21 bits per heavy atom. The summed E-state index contributed by atoms with van der Waals surface area (Å²) >= 11 is 0. The zero-order valence-corrected chi connectivity index (χ0v) is 11.5. The van der Waals surface area contributed by atoms with Gasteiger partial charge < -0.3 is 10.4 Å². The standard InChI is InChI=1S/C15H23N3O/c1-12(14-4-2-3-5-15(14)19)18-10-13(11-18)17-8-6-16-7-9-17/h2-5,12-13,16,19H,6-11H2,1H3. The molecule has 2 aliphatic heterocycles. The summed E-state index contributed by atoms with van der Waals surface area (Å²) in [5, 5.41) is 13.3. The molecular weight excluding hydrogens is 238 g/mol. The molecule has 0 saturated carbocycles. The van der Waals surface area contributed by atoms with Crippen LogP contribution in [-0.2, 0) is 0 Å². The van der Waals surface area contributed by atoms with Crippen molar-refractivity contribution >= 4 is 0 Å². The van der Waals surface area contributed by atoms with Gasteiger partial charge >= 0.3 is 0 Å². The summed E-state index contributed by atoms with van der Waals surface area (Å²) in [5.74, 6) is 0.417. The van der Waals surface area contributed by atoms with Crippen molar-refractivity contribution < 1.29 is 5.11 Å². The minimum Gasteiger partial charge on any atom is -0.508 e. The number of phenolic OH excluding ortho intramolecular Hbond substituents is 1. The third-order valence-corrected chi connectivity index (χ3v) is 4.49. The van der Waals surface area contributed by atoms with Crippen LogP contribution in [0.15, 0.2) is 24.3 Å². The molecule has 19 heavy (non-hydrogen) atoms. The van der Waals surface area contributed by atoms with E-state index in [9.17, 15) is 5.11 Å². The van der Waals surface area contributed by atoms with Crippen LogP contribution in [0.25, 0.3) is 0 Å². The molecule has 4 nitrogen and oxygen atoms in total. The van der Waals surface area contributed by atoms with Gasteiger partial charge in [0.05, 0.1) is 0 Å². The summed E-state index contributed by atoms with van der Waals surface area (Å²) < 4.78 is 0. The lowest BCUT2D eigenvalue weighted by Gasteiger charge is -2.49. The molecule has 0 amide bonds. The number of benzene rings is 1. The Hall–Kier alpha value is -1.10. The van der Waals surface area contributed by atoms with Gasteiger partial charge in [-0.2, -0.15) is 0 Å². The van der Waals surface area contributed by atoms with Crippen LogP contribution in [0, 0.1) is 0 Å². The molecule has 1 aromatic carbocycles. The fraction of sp³-hybridized carbons (Fsp3) is 0.600. The fourth-order valence-corrected chi connectivity index (χ4v) is 3.12. The van der Waals surface area contributed by atoms with Crippen LogP contribution in [0.1, 0.15) is 18.5 Å². The molecule has 3 rings (SSSR count). The second-order valence-corrected chi connectivity index (χ2v) is 5.63. The van der Waals surface area contributed by atoms with Gasteiger partial charge in [0.25, 0.3) is 0 Å². The molecule has 2 saturated heterocycles. The van der Waals surface area contributed by atoms with Crippen LogP contribution >= 0.6 is 0 Å². The maximum Gasteiger partial charge on any atom is 0.120 e. The van der Waals surface area contributed by atoms with E-state index in [1.165, 1.54) is 13.1 Å². The monoisotopic (exact) mass is 261 g/mol. The second-order valence-electron chi connectivity index (χ2n) is 5.63. The minimum atomic E-state index is 0.306. The van der Waals surface area contributed by atoms with Crippen molar-refractivity contribution in [2.24, 2.45) is 0 Å². The number of para-hydroxylation sites is 1. The van der Waals surface area contributed by atoms with Crippen molar-refractivity contribution in [2.45, 2.75) is 19.0 Å². The number of likely N-dealkylation sites (tertiary alicyclic amines) is 1. The Kier molecular flexibility index (Phi) is 3.73. The third-order valence-electron chi connectivity index (χ3n) is 4.49. The van der Waals surface area contributed by atoms with Crippen molar-refractivity contribution in [3.63, 3.8) is 0 Å². The molecule has 2 N–H and O–H groups in total. The molecule has 0 spiro atoms. The minimum absolute atomic E-state index is 0.306.